The number of nitrogens with zero attached hydrogens (tertiary/aromatic N) is 1. The van der Waals surface area contributed by atoms with Gasteiger partial charge in [-0.05, 0) is 41.9 Å². The van der Waals surface area contributed by atoms with Gasteiger partial charge in [-0.15, -0.1) is 0 Å². The summed E-state index contributed by atoms with van der Waals surface area (Å²) in [6.45, 7) is 10.1. The zero-order valence-corrected chi connectivity index (χ0v) is 21.6. The van der Waals surface area contributed by atoms with Crippen molar-refractivity contribution in [2.75, 3.05) is 27.4 Å². The molecule has 4 atom stereocenters. The Morgan fingerprint density at radius 1 is 1.26 bits per heavy atom. The molecule has 0 bridgehead atoms. The molecule has 0 aromatic heterocycles. The van der Waals surface area contributed by atoms with Crippen LogP contribution in [0.5, 0.6) is 5.75 Å². The first kappa shape index (κ1) is 26.8. The smallest absolute Gasteiger partial charge is 0.496 e. The van der Waals surface area contributed by atoms with E-state index in [4.69, 9.17) is 18.9 Å². The molecule has 3 rings (SSSR count). The highest BCUT2D eigenvalue weighted by Crippen LogP contribution is 2.46. The van der Waals surface area contributed by atoms with E-state index in [0.717, 1.165) is 5.56 Å². The Morgan fingerprint density at radius 3 is 2.43 bits per heavy atom. The zero-order valence-electron chi connectivity index (χ0n) is 21.6. The summed E-state index contributed by atoms with van der Waals surface area (Å²) in [4.78, 5) is 40.3. The summed E-state index contributed by atoms with van der Waals surface area (Å²) in [5.41, 5.74) is -0.483. The van der Waals surface area contributed by atoms with Crippen molar-refractivity contribution >= 4 is 18.0 Å². The van der Waals surface area contributed by atoms with E-state index in [1.54, 1.807) is 19.2 Å². The van der Waals surface area contributed by atoms with Crippen molar-refractivity contribution in [2.45, 2.75) is 70.6 Å². The molecule has 194 valence electrons. The Bertz CT molecular complexity index is 969. The lowest BCUT2D eigenvalue weighted by Crippen LogP contribution is -2.59. The van der Waals surface area contributed by atoms with Crippen molar-refractivity contribution < 1.29 is 38.4 Å². The normalized spacial score (nSPS) is 26.6. The number of benzene rings is 1. The second kappa shape index (κ2) is 10.0. The summed E-state index contributed by atoms with van der Waals surface area (Å²) in [7, 11) is 3.07. The van der Waals surface area contributed by atoms with E-state index in [9.17, 15) is 19.5 Å². The van der Waals surface area contributed by atoms with Gasteiger partial charge in [0.2, 0.25) is 0 Å². The van der Waals surface area contributed by atoms with Crippen molar-refractivity contribution in [3.05, 3.63) is 29.3 Å². The van der Waals surface area contributed by atoms with Gasteiger partial charge in [0.25, 0.3) is 5.91 Å². The minimum absolute atomic E-state index is 0.0106. The molecule has 2 aliphatic rings. The number of carbonyl (C=O) groups excluding carboxylic acids is 2. The molecule has 0 spiro atoms. The predicted octanol–water partition coefficient (Wildman–Crippen LogP) is 3.87. The van der Waals surface area contributed by atoms with E-state index < -0.39 is 35.7 Å². The van der Waals surface area contributed by atoms with Crippen molar-refractivity contribution in [1.29, 1.82) is 0 Å². The molecule has 35 heavy (non-hydrogen) atoms. The number of methoxy groups -OCH3 is 2. The molecule has 1 amide bonds. The fraction of sp³-hybridized carbons (Fsp3) is 0.654. The number of carboxylic acids is 1. The first-order chi connectivity index (χ1) is 16.4. The minimum atomic E-state index is -1.50. The summed E-state index contributed by atoms with van der Waals surface area (Å²) in [5, 5.41) is 10.5. The molecule has 0 saturated carbocycles. The van der Waals surface area contributed by atoms with Crippen molar-refractivity contribution in [3.63, 3.8) is 0 Å². The molecule has 1 N–H and O–H groups in total. The van der Waals surface area contributed by atoms with Crippen LogP contribution in [0.1, 0.15) is 63.4 Å². The summed E-state index contributed by atoms with van der Waals surface area (Å²) < 4.78 is 21.4. The molecule has 2 heterocycles. The standard InChI is InChI=1S/C26H37NO8/c1-15(2)11-26(23(29)30)12-17(13-32-6)21(20-14-34-24(31)35-20)27(26)22(28)16-8-9-18(25(3,4)5)19(10-16)33-7/h8-10,15,17,20-21H,11-14H2,1-7H3,(H,29,30)/t17-,20-,21-,26+/m1/s1. The van der Waals surface area contributed by atoms with E-state index in [1.807, 2.05) is 40.7 Å². The highest BCUT2D eigenvalue weighted by atomic mass is 16.8. The Morgan fingerprint density at radius 2 is 1.94 bits per heavy atom. The van der Waals surface area contributed by atoms with Crippen molar-refractivity contribution in [2.24, 2.45) is 11.8 Å². The average Bonchev–Trinajstić information content (AvgIpc) is 3.33. The summed E-state index contributed by atoms with van der Waals surface area (Å²) >= 11 is 0. The zero-order chi connectivity index (χ0) is 26.1. The summed E-state index contributed by atoms with van der Waals surface area (Å²) in [5.74, 6) is -1.38. The Balaban J connectivity index is 2.17. The lowest BCUT2D eigenvalue weighted by molar-refractivity contribution is -0.150. The molecule has 0 unspecified atom stereocenters. The maximum atomic E-state index is 14.2. The van der Waals surface area contributed by atoms with Gasteiger partial charge in [-0.2, -0.15) is 0 Å². The molecule has 2 saturated heterocycles. The van der Waals surface area contributed by atoms with Crippen LogP contribution in [0.4, 0.5) is 4.79 Å². The number of aliphatic carboxylic acids is 1. The average molecular weight is 492 g/mol. The third-order valence-electron chi connectivity index (χ3n) is 6.84. The molecule has 0 radical (unpaired) electrons. The van der Waals surface area contributed by atoms with Crippen LogP contribution in [0.2, 0.25) is 0 Å². The van der Waals surface area contributed by atoms with Crippen LogP contribution < -0.4 is 4.74 Å². The third-order valence-corrected chi connectivity index (χ3v) is 6.84. The highest BCUT2D eigenvalue weighted by Gasteiger charge is 2.61. The monoisotopic (exact) mass is 491 g/mol. The number of rotatable bonds is 8. The third kappa shape index (κ3) is 5.10. The van der Waals surface area contributed by atoms with Gasteiger partial charge in [0, 0.05) is 18.6 Å². The van der Waals surface area contributed by atoms with Crippen LogP contribution in [0.25, 0.3) is 0 Å². The second-order valence-electron chi connectivity index (χ2n) is 10.9. The van der Waals surface area contributed by atoms with Gasteiger partial charge >= 0.3 is 12.1 Å². The molecule has 1 aromatic carbocycles. The van der Waals surface area contributed by atoms with E-state index in [-0.39, 0.29) is 43.3 Å². The van der Waals surface area contributed by atoms with Crippen LogP contribution in [0, 0.1) is 11.8 Å². The van der Waals surface area contributed by atoms with Gasteiger partial charge in [-0.1, -0.05) is 40.7 Å². The minimum Gasteiger partial charge on any atom is -0.496 e. The first-order valence-corrected chi connectivity index (χ1v) is 11.9. The Labute approximate surface area is 206 Å². The Kier molecular flexibility index (Phi) is 7.69. The van der Waals surface area contributed by atoms with E-state index in [1.165, 1.54) is 12.0 Å². The van der Waals surface area contributed by atoms with Gasteiger partial charge in [0.15, 0.2) is 6.10 Å². The molecule has 2 fully saturated rings. The van der Waals surface area contributed by atoms with E-state index in [2.05, 4.69) is 0 Å². The molecular weight excluding hydrogens is 454 g/mol. The SMILES string of the molecule is COC[C@H]1C[C@@](CC(C)C)(C(=O)O)N(C(=O)c2ccc(C(C)(C)C)c(OC)c2)[C@H]1[C@H]1COC(=O)O1. The Hall–Kier alpha value is -2.81. The predicted molar refractivity (Wildman–Crippen MR) is 128 cm³/mol. The van der Waals surface area contributed by atoms with Crippen molar-refractivity contribution in [3.8, 4) is 5.75 Å². The summed E-state index contributed by atoms with van der Waals surface area (Å²) in [6, 6.07) is 4.47. The lowest BCUT2D eigenvalue weighted by atomic mass is 9.83. The van der Waals surface area contributed by atoms with Crippen LogP contribution in [0.3, 0.4) is 0 Å². The first-order valence-electron chi connectivity index (χ1n) is 11.9. The molecule has 9 heteroatoms. The van der Waals surface area contributed by atoms with Gasteiger partial charge in [-0.25, -0.2) is 9.59 Å². The number of hydrogen-bond donors (Lipinski definition) is 1. The maximum absolute atomic E-state index is 14.2. The highest BCUT2D eigenvalue weighted by molar-refractivity contribution is 5.99. The number of carbonyl (C=O) groups is 3. The maximum Gasteiger partial charge on any atom is 0.508 e. The quantitative estimate of drug-likeness (QED) is 0.546. The number of ether oxygens (including phenoxy) is 4. The van der Waals surface area contributed by atoms with Crippen LogP contribution in [-0.2, 0) is 24.4 Å². The molecule has 1 aromatic rings. The number of amides is 1. The number of hydrogen-bond acceptors (Lipinski definition) is 7. The molecular formula is C26H37NO8. The van der Waals surface area contributed by atoms with E-state index in [0.29, 0.717) is 11.3 Å². The van der Waals surface area contributed by atoms with Crippen LogP contribution in [-0.4, -0.2) is 73.2 Å². The van der Waals surface area contributed by atoms with Gasteiger partial charge in [-0.3, -0.25) is 4.79 Å². The fourth-order valence-electron chi connectivity index (χ4n) is 5.55. The number of cyclic esters (lactones) is 2. The van der Waals surface area contributed by atoms with Gasteiger partial charge in [0.1, 0.15) is 17.9 Å². The van der Waals surface area contributed by atoms with Gasteiger partial charge in [0.05, 0.1) is 19.8 Å². The van der Waals surface area contributed by atoms with E-state index >= 15 is 0 Å². The van der Waals surface area contributed by atoms with Crippen molar-refractivity contribution in [1.82, 2.24) is 4.90 Å². The van der Waals surface area contributed by atoms with Gasteiger partial charge < -0.3 is 29.0 Å². The molecule has 9 nitrogen and oxygen atoms in total. The van der Waals surface area contributed by atoms with Crippen LogP contribution >= 0.6 is 0 Å². The number of likely N-dealkylation sites (tertiary alicyclic amines) is 1. The lowest BCUT2D eigenvalue weighted by Gasteiger charge is -2.40. The topological polar surface area (TPSA) is 112 Å². The summed E-state index contributed by atoms with van der Waals surface area (Å²) in [6.07, 6.45) is -1.21. The molecule has 2 aliphatic heterocycles. The number of carboxylic acid groups (broad SMARTS) is 1. The van der Waals surface area contributed by atoms with Crippen LogP contribution in [0.15, 0.2) is 18.2 Å². The molecule has 0 aliphatic carbocycles. The largest absolute Gasteiger partial charge is 0.508 e. The second-order valence-corrected chi connectivity index (χ2v) is 10.9. The fourth-order valence-corrected chi connectivity index (χ4v) is 5.55.